The van der Waals surface area contributed by atoms with Gasteiger partial charge in [0, 0.05) is 25.6 Å². The third kappa shape index (κ3) is 2.27. The minimum absolute atomic E-state index is 0.708. The van der Waals surface area contributed by atoms with Crippen molar-refractivity contribution in [2.75, 3.05) is 0 Å². The summed E-state index contributed by atoms with van der Waals surface area (Å²) in [5.74, 6) is 0. The van der Waals surface area contributed by atoms with Gasteiger partial charge < -0.3 is 0 Å². The number of benzene rings is 2. The Morgan fingerprint density at radius 1 is 1.00 bits per heavy atom. The van der Waals surface area contributed by atoms with Gasteiger partial charge in [0.2, 0.25) is 0 Å². The van der Waals surface area contributed by atoms with Crippen LogP contribution in [-0.4, -0.2) is 0 Å². The van der Waals surface area contributed by atoms with Crippen LogP contribution in [0.2, 0.25) is 10.0 Å². The van der Waals surface area contributed by atoms with E-state index in [4.69, 9.17) is 23.2 Å². The average Bonchev–Trinajstić information content (AvgIpc) is 2.23. The molecule has 2 rings (SSSR count). The van der Waals surface area contributed by atoms with Crippen molar-refractivity contribution in [3.05, 3.63) is 56.5 Å². The van der Waals surface area contributed by atoms with Gasteiger partial charge in [-0.25, -0.2) is 0 Å². The quantitative estimate of drug-likeness (QED) is 0.630. The number of rotatable bonds is 1. The molecule has 82 valence electrons. The molecule has 0 spiro atoms. The number of halogens is 3. The first-order chi connectivity index (χ1) is 7.59. The van der Waals surface area contributed by atoms with Gasteiger partial charge in [0.15, 0.2) is 0 Å². The summed E-state index contributed by atoms with van der Waals surface area (Å²) in [4.78, 5) is 0. The van der Waals surface area contributed by atoms with Crippen molar-refractivity contribution in [1.82, 2.24) is 0 Å². The van der Waals surface area contributed by atoms with Crippen LogP contribution in [0.25, 0.3) is 11.1 Å². The van der Waals surface area contributed by atoms with Gasteiger partial charge in [0.25, 0.3) is 0 Å². The lowest BCUT2D eigenvalue weighted by Crippen LogP contribution is -1.86. The molecule has 0 saturated heterocycles. The fourth-order valence-corrected chi connectivity index (χ4v) is 2.56. The minimum Gasteiger partial charge on any atom is -0.0837 e. The summed E-state index contributed by atoms with van der Waals surface area (Å²) in [5, 5.41) is 1.43. The zero-order valence-electron chi connectivity index (χ0n) is 8.60. The largest absolute Gasteiger partial charge is 0.0837 e. The molecule has 0 saturated carbocycles. The van der Waals surface area contributed by atoms with Crippen LogP contribution in [0.4, 0.5) is 0 Å². The summed E-state index contributed by atoms with van der Waals surface area (Å²) in [6.45, 7) is 2.03. The fourth-order valence-electron chi connectivity index (χ4n) is 1.66. The van der Waals surface area contributed by atoms with Gasteiger partial charge in [-0.2, -0.15) is 0 Å². The van der Waals surface area contributed by atoms with Crippen LogP contribution in [0.15, 0.2) is 40.9 Å². The summed E-state index contributed by atoms with van der Waals surface area (Å²) < 4.78 is 0.992. The Labute approximate surface area is 113 Å². The SMILES string of the molecule is Cc1cccc(Cl)c1-c1cc(Br)ccc1Cl. The number of aryl methyl sites for hydroxylation is 1. The molecule has 0 radical (unpaired) electrons. The van der Waals surface area contributed by atoms with Gasteiger partial charge in [-0.15, -0.1) is 0 Å². The van der Waals surface area contributed by atoms with Gasteiger partial charge in [-0.1, -0.05) is 51.3 Å². The zero-order chi connectivity index (χ0) is 11.7. The number of hydrogen-bond acceptors (Lipinski definition) is 0. The molecule has 2 aromatic rings. The summed E-state index contributed by atoms with van der Waals surface area (Å²) >= 11 is 15.9. The molecular formula is C13H9BrCl2. The Kier molecular flexibility index (Phi) is 3.58. The van der Waals surface area contributed by atoms with E-state index in [9.17, 15) is 0 Å². The van der Waals surface area contributed by atoms with Crippen LogP contribution >= 0.6 is 39.1 Å². The average molecular weight is 316 g/mol. The molecule has 0 bridgehead atoms. The third-order valence-electron chi connectivity index (χ3n) is 2.42. The first kappa shape index (κ1) is 12.0. The molecular weight excluding hydrogens is 307 g/mol. The van der Waals surface area contributed by atoms with Crippen LogP contribution in [0.5, 0.6) is 0 Å². The van der Waals surface area contributed by atoms with Crippen molar-refractivity contribution in [3.63, 3.8) is 0 Å². The molecule has 3 heteroatoms. The van der Waals surface area contributed by atoms with Crippen molar-refractivity contribution in [2.45, 2.75) is 6.92 Å². The van der Waals surface area contributed by atoms with Gasteiger partial charge in [-0.05, 0) is 36.8 Å². The third-order valence-corrected chi connectivity index (χ3v) is 3.56. The predicted octanol–water partition coefficient (Wildman–Crippen LogP) is 5.73. The van der Waals surface area contributed by atoms with E-state index in [1.54, 1.807) is 0 Å². The maximum atomic E-state index is 6.21. The lowest BCUT2D eigenvalue weighted by molar-refractivity contribution is 1.45. The van der Waals surface area contributed by atoms with Crippen molar-refractivity contribution in [2.24, 2.45) is 0 Å². The van der Waals surface area contributed by atoms with E-state index in [1.807, 2.05) is 43.3 Å². The Hall–Kier alpha value is -0.500. The molecule has 0 aliphatic heterocycles. The molecule has 0 N–H and O–H groups in total. The molecule has 0 atom stereocenters. The minimum atomic E-state index is 0.708. The standard InChI is InChI=1S/C13H9BrCl2/c1-8-3-2-4-12(16)13(8)10-7-9(14)5-6-11(10)15/h2-7H,1H3. The predicted molar refractivity (Wildman–Crippen MR) is 74.3 cm³/mol. The van der Waals surface area contributed by atoms with E-state index in [1.165, 1.54) is 0 Å². The smallest absolute Gasteiger partial charge is 0.0487 e. The topological polar surface area (TPSA) is 0 Å². The number of hydrogen-bond donors (Lipinski definition) is 0. The lowest BCUT2D eigenvalue weighted by Gasteiger charge is -2.10. The summed E-state index contributed by atoms with van der Waals surface area (Å²) in [7, 11) is 0. The summed E-state index contributed by atoms with van der Waals surface area (Å²) in [5.41, 5.74) is 3.07. The van der Waals surface area contributed by atoms with E-state index in [0.29, 0.717) is 5.02 Å². The molecule has 0 heterocycles. The Bertz CT molecular complexity index is 515. The molecule has 0 nitrogen and oxygen atoms in total. The first-order valence-corrected chi connectivity index (χ1v) is 6.35. The van der Waals surface area contributed by atoms with E-state index in [2.05, 4.69) is 15.9 Å². The Balaban J connectivity index is 2.72. The normalized spacial score (nSPS) is 10.5. The van der Waals surface area contributed by atoms with E-state index in [-0.39, 0.29) is 0 Å². The van der Waals surface area contributed by atoms with E-state index < -0.39 is 0 Å². The van der Waals surface area contributed by atoms with E-state index >= 15 is 0 Å². The summed E-state index contributed by atoms with van der Waals surface area (Å²) in [6, 6.07) is 11.6. The second-order valence-corrected chi connectivity index (χ2v) is 5.29. The molecule has 2 aromatic carbocycles. The van der Waals surface area contributed by atoms with Gasteiger partial charge >= 0.3 is 0 Å². The molecule has 16 heavy (non-hydrogen) atoms. The molecule has 0 aromatic heterocycles. The Morgan fingerprint density at radius 2 is 1.75 bits per heavy atom. The molecule has 0 aliphatic carbocycles. The highest BCUT2D eigenvalue weighted by Gasteiger charge is 2.10. The van der Waals surface area contributed by atoms with Crippen molar-refractivity contribution in [1.29, 1.82) is 0 Å². The summed E-state index contributed by atoms with van der Waals surface area (Å²) in [6.07, 6.45) is 0. The molecule has 0 aliphatic rings. The van der Waals surface area contributed by atoms with Crippen LogP contribution < -0.4 is 0 Å². The molecule has 0 amide bonds. The lowest BCUT2D eigenvalue weighted by atomic mass is 10.0. The van der Waals surface area contributed by atoms with Crippen LogP contribution in [-0.2, 0) is 0 Å². The highest BCUT2D eigenvalue weighted by atomic mass is 79.9. The zero-order valence-corrected chi connectivity index (χ0v) is 11.7. The van der Waals surface area contributed by atoms with Gasteiger partial charge in [0.1, 0.15) is 0 Å². The highest BCUT2D eigenvalue weighted by molar-refractivity contribution is 9.10. The van der Waals surface area contributed by atoms with Crippen molar-refractivity contribution in [3.8, 4) is 11.1 Å². The van der Waals surface area contributed by atoms with Crippen LogP contribution in [0.1, 0.15) is 5.56 Å². The fraction of sp³-hybridized carbons (Fsp3) is 0.0769. The first-order valence-electron chi connectivity index (χ1n) is 4.80. The monoisotopic (exact) mass is 314 g/mol. The van der Waals surface area contributed by atoms with Gasteiger partial charge in [0.05, 0.1) is 0 Å². The second-order valence-electron chi connectivity index (χ2n) is 3.56. The molecule has 0 unspecified atom stereocenters. The van der Waals surface area contributed by atoms with Crippen molar-refractivity contribution < 1.29 is 0 Å². The van der Waals surface area contributed by atoms with Crippen LogP contribution in [0, 0.1) is 6.92 Å². The maximum Gasteiger partial charge on any atom is 0.0487 e. The van der Waals surface area contributed by atoms with Gasteiger partial charge in [-0.3, -0.25) is 0 Å². The second kappa shape index (κ2) is 4.79. The van der Waals surface area contributed by atoms with E-state index in [0.717, 1.165) is 26.2 Å². The Morgan fingerprint density at radius 3 is 2.44 bits per heavy atom. The molecule has 0 fully saturated rings. The van der Waals surface area contributed by atoms with Crippen molar-refractivity contribution >= 4 is 39.1 Å². The maximum absolute atomic E-state index is 6.21. The highest BCUT2D eigenvalue weighted by Crippen LogP contribution is 2.37. The van der Waals surface area contributed by atoms with Crippen LogP contribution in [0.3, 0.4) is 0 Å².